The number of aryl methyl sites for hydroxylation is 1. The molecule has 0 amide bonds. The summed E-state index contributed by atoms with van der Waals surface area (Å²) in [5, 5.41) is 3.30. The van der Waals surface area contributed by atoms with E-state index in [9.17, 15) is 18.0 Å². The predicted octanol–water partition coefficient (Wildman–Crippen LogP) is 3.57. The Morgan fingerprint density at radius 1 is 1.08 bits per heavy atom. The number of hydrogen-bond acceptors (Lipinski definition) is 8. The summed E-state index contributed by atoms with van der Waals surface area (Å²) in [6, 6.07) is 16.3. The topological polar surface area (TPSA) is 132 Å². The number of rotatable bonds is 10. The van der Waals surface area contributed by atoms with Gasteiger partial charge in [-0.1, -0.05) is 30.3 Å². The second kappa shape index (κ2) is 11.5. The number of esters is 1. The average Bonchev–Trinajstić information content (AvgIpc) is 2.88. The van der Waals surface area contributed by atoms with Gasteiger partial charge in [-0.05, 0) is 57.0 Å². The van der Waals surface area contributed by atoms with Crippen molar-refractivity contribution in [1.29, 1.82) is 0 Å². The molecule has 0 aliphatic heterocycles. The van der Waals surface area contributed by atoms with Gasteiger partial charge in [-0.2, -0.15) is 4.98 Å². The summed E-state index contributed by atoms with van der Waals surface area (Å²) in [6.07, 6.45) is 3.20. The number of anilines is 2. The number of fused-ring (bicyclic) bond motifs is 1. The van der Waals surface area contributed by atoms with Crippen LogP contribution in [0.3, 0.4) is 0 Å². The quantitative estimate of drug-likeness (QED) is 0.295. The molecule has 0 saturated carbocycles. The number of pyridine rings is 1. The molecule has 2 aromatic heterocycles. The van der Waals surface area contributed by atoms with Crippen molar-refractivity contribution in [3.63, 3.8) is 0 Å². The molecule has 10 nitrogen and oxygen atoms in total. The first-order valence-corrected chi connectivity index (χ1v) is 13.8. The number of ether oxygens (including phenoxy) is 1. The lowest BCUT2D eigenvalue weighted by Crippen LogP contribution is -2.32. The Balaban J connectivity index is 1.63. The van der Waals surface area contributed by atoms with E-state index in [2.05, 4.69) is 20.0 Å². The first-order chi connectivity index (χ1) is 18.2. The van der Waals surface area contributed by atoms with E-state index in [-0.39, 0.29) is 35.3 Å². The number of carbonyl (C=O) groups is 1. The molecule has 198 valence electrons. The number of hydrogen-bond donors (Lipinski definition) is 2. The van der Waals surface area contributed by atoms with Crippen LogP contribution in [-0.4, -0.2) is 47.3 Å². The largest absolute Gasteiger partial charge is 0.462 e. The van der Waals surface area contributed by atoms with Crippen LogP contribution in [0, 0.1) is 0 Å². The molecule has 0 spiro atoms. The number of sulfonamides is 1. The highest BCUT2D eigenvalue weighted by Gasteiger charge is 2.19. The van der Waals surface area contributed by atoms with Crippen LogP contribution in [-0.2, 0) is 21.2 Å². The van der Waals surface area contributed by atoms with Crippen molar-refractivity contribution in [2.45, 2.75) is 33.2 Å². The summed E-state index contributed by atoms with van der Waals surface area (Å²) in [7, 11) is -3.34. The molecular formula is C27H29N5O5S. The summed E-state index contributed by atoms with van der Waals surface area (Å²) in [5.74, 6) is -0.461. The van der Waals surface area contributed by atoms with Gasteiger partial charge in [0.2, 0.25) is 21.4 Å². The molecule has 2 heterocycles. The van der Waals surface area contributed by atoms with Crippen molar-refractivity contribution >= 4 is 38.7 Å². The zero-order valence-electron chi connectivity index (χ0n) is 21.3. The van der Waals surface area contributed by atoms with Crippen molar-refractivity contribution in [3.8, 4) is 5.69 Å². The fourth-order valence-corrected chi connectivity index (χ4v) is 5.21. The summed E-state index contributed by atoms with van der Waals surface area (Å²) < 4.78 is 33.5. The summed E-state index contributed by atoms with van der Waals surface area (Å²) in [4.78, 5) is 34.4. The summed E-state index contributed by atoms with van der Waals surface area (Å²) in [6.45, 7) is 5.38. The smallest absolute Gasteiger partial charge is 0.343 e. The third-order valence-corrected chi connectivity index (χ3v) is 7.13. The Hall–Kier alpha value is -4.09. The predicted molar refractivity (Wildman–Crippen MR) is 147 cm³/mol. The highest BCUT2D eigenvalue weighted by molar-refractivity contribution is 7.89. The molecular weight excluding hydrogens is 506 g/mol. The molecule has 4 rings (SSSR count). The highest BCUT2D eigenvalue weighted by atomic mass is 32.2. The van der Waals surface area contributed by atoms with Crippen LogP contribution in [0.4, 0.5) is 11.6 Å². The fourth-order valence-electron chi connectivity index (χ4n) is 3.86. The molecule has 4 aromatic rings. The molecule has 0 fully saturated rings. The lowest BCUT2D eigenvalue weighted by Gasteiger charge is -2.14. The minimum absolute atomic E-state index is 0.00343. The molecule has 2 aromatic carbocycles. The SMILES string of the molecule is CCOC(=O)c1cn(-c2ccccc2)c2nc(Nc3ccc(CCS(=O)(=O)NC(C)C)cc3)ncc2c1=O. The van der Waals surface area contributed by atoms with Gasteiger partial charge in [0.15, 0.2) is 5.65 Å². The van der Waals surface area contributed by atoms with Crippen LogP contribution in [0.1, 0.15) is 36.7 Å². The van der Waals surface area contributed by atoms with E-state index < -0.39 is 21.4 Å². The van der Waals surface area contributed by atoms with Gasteiger partial charge >= 0.3 is 5.97 Å². The van der Waals surface area contributed by atoms with Crippen LogP contribution < -0.4 is 15.5 Å². The van der Waals surface area contributed by atoms with Crippen LogP contribution in [0.2, 0.25) is 0 Å². The van der Waals surface area contributed by atoms with E-state index >= 15 is 0 Å². The third kappa shape index (κ3) is 6.42. The molecule has 0 aliphatic carbocycles. The van der Waals surface area contributed by atoms with Crippen molar-refractivity contribution in [2.75, 3.05) is 17.7 Å². The van der Waals surface area contributed by atoms with Gasteiger partial charge in [-0.3, -0.25) is 4.79 Å². The molecule has 0 atom stereocenters. The maximum Gasteiger partial charge on any atom is 0.343 e. The Kier molecular flexibility index (Phi) is 8.18. The Morgan fingerprint density at radius 2 is 1.79 bits per heavy atom. The van der Waals surface area contributed by atoms with Gasteiger partial charge in [0.25, 0.3) is 0 Å². The van der Waals surface area contributed by atoms with Gasteiger partial charge in [0, 0.05) is 29.8 Å². The van der Waals surface area contributed by atoms with Crippen LogP contribution in [0.15, 0.2) is 71.8 Å². The van der Waals surface area contributed by atoms with Crippen LogP contribution in [0.25, 0.3) is 16.7 Å². The Bertz CT molecular complexity index is 1600. The van der Waals surface area contributed by atoms with E-state index in [0.29, 0.717) is 23.4 Å². The number of benzene rings is 2. The van der Waals surface area contributed by atoms with E-state index in [0.717, 1.165) is 5.56 Å². The summed E-state index contributed by atoms with van der Waals surface area (Å²) in [5.41, 5.74) is 1.98. The number of nitrogens with zero attached hydrogens (tertiary/aromatic N) is 3. The average molecular weight is 536 g/mol. The second-order valence-corrected chi connectivity index (χ2v) is 10.8. The van der Waals surface area contributed by atoms with Gasteiger partial charge in [0.05, 0.1) is 17.7 Å². The van der Waals surface area contributed by atoms with Gasteiger partial charge in [-0.15, -0.1) is 0 Å². The van der Waals surface area contributed by atoms with E-state index in [1.54, 1.807) is 37.5 Å². The van der Waals surface area contributed by atoms with Gasteiger partial charge in [-0.25, -0.2) is 22.9 Å². The fraction of sp³-hybridized carbons (Fsp3) is 0.259. The number of nitrogens with one attached hydrogen (secondary N) is 2. The number of carbonyl (C=O) groups excluding carboxylic acids is 1. The van der Waals surface area contributed by atoms with Gasteiger partial charge in [0.1, 0.15) is 5.56 Å². The van der Waals surface area contributed by atoms with Crippen LogP contribution >= 0.6 is 0 Å². The molecule has 0 aliphatic rings. The van der Waals surface area contributed by atoms with Gasteiger partial charge < -0.3 is 14.6 Å². The zero-order chi connectivity index (χ0) is 27.3. The second-order valence-electron chi connectivity index (χ2n) is 8.89. The standard InChI is InChI=1S/C27H29N5O5S/c1-4-37-26(34)23-17-32(21-8-6-5-7-9-21)25-22(24(23)33)16-28-27(30-25)29-20-12-10-19(11-13-20)14-15-38(35,36)31-18(2)3/h5-13,16-18,31H,4,14-15H2,1-3H3,(H,28,29,30). The first kappa shape index (κ1) is 27.0. The molecule has 0 bridgehead atoms. The Morgan fingerprint density at radius 3 is 2.45 bits per heavy atom. The maximum atomic E-state index is 13.1. The lowest BCUT2D eigenvalue weighted by atomic mass is 10.1. The van der Waals surface area contributed by atoms with Crippen LogP contribution in [0.5, 0.6) is 0 Å². The highest BCUT2D eigenvalue weighted by Crippen LogP contribution is 2.20. The molecule has 0 unspecified atom stereocenters. The van der Waals surface area contributed by atoms with E-state index in [1.807, 2.05) is 42.5 Å². The van der Waals surface area contributed by atoms with Crippen molar-refractivity contribution in [3.05, 3.63) is 88.3 Å². The lowest BCUT2D eigenvalue weighted by molar-refractivity contribution is 0.0524. The minimum atomic E-state index is -3.34. The minimum Gasteiger partial charge on any atom is -0.462 e. The molecule has 38 heavy (non-hydrogen) atoms. The Labute approximate surface area is 220 Å². The molecule has 0 radical (unpaired) electrons. The monoisotopic (exact) mass is 535 g/mol. The molecule has 2 N–H and O–H groups in total. The molecule has 11 heteroatoms. The van der Waals surface area contributed by atoms with E-state index in [4.69, 9.17) is 4.74 Å². The zero-order valence-corrected chi connectivity index (χ0v) is 22.2. The maximum absolute atomic E-state index is 13.1. The first-order valence-electron chi connectivity index (χ1n) is 12.2. The van der Waals surface area contributed by atoms with Crippen molar-refractivity contribution < 1.29 is 17.9 Å². The van der Waals surface area contributed by atoms with Crippen molar-refractivity contribution in [2.24, 2.45) is 0 Å². The number of para-hydroxylation sites is 1. The van der Waals surface area contributed by atoms with E-state index in [1.165, 1.54) is 12.4 Å². The number of aromatic nitrogens is 3. The third-order valence-electron chi connectivity index (χ3n) is 5.56. The van der Waals surface area contributed by atoms with Crippen molar-refractivity contribution in [1.82, 2.24) is 19.3 Å². The molecule has 0 saturated heterocycles. The summed E-state index contributed by atoms with van der Waals surface area (Å²) >= 11 is 0. The normalized spacial score (nSPS) is 11.6.